The van der Waals surface area contributed by atoms with Crippen LogP contribution in [0, 0.1) is 5.92 Å². The van der Waals surface area contributed by atoms with Gasteiger partial charge in [0.05, 0.1) is 24.2 Å². The van der Waals surface area contributed by atoms with Crippen LogP contribution < -0.4 is 15.4 Å². The summed E-state index contributed by atoms with van der Waals surface area (Å²) in [6, 6.07) is 13.1. The van der Waals surface area contributed by atoms with Gasteiger partial charge in [-0.2, -0.15) is 0 Å². The molecule has 0 fully saturated rings. The maximum atomic E-state index is 13.6. The van der Waals surface area contributed by atoms with E-state index in [1.165, 1.54) is 6.08 Å². The zero-order valence-electron chi connectivity index (χ0n) is 30.2. The Bertz CT molecular complexity index is 1450. The molecule has 2 atom stereocenters. The number of alkyl carbamates (subject to hydrolysis) is 1. The molecule has 50 heavy (non-hydrogen) atoms. The van der Waals surface area contributed by atoms with Crippen LogP contribution in [0.25, 0.3) is 0 Å². The minimum atomic E-state index is -4.25. The van der Waals surface area contributed by atoms with E-state index in [2.05, 4.69) is 17.2 Å². The van der Waals surface area contributed by atoms with Gasteiger partial charge in [-0.25, -0.2) is 14.2 Å². The summed E-state index contributed by atoms with van der Waals surface area (Å²) < 4.78 is 46.2. The summed E-state index contributed by atoms with van der Waals surface area (Å²) in [5.74, 6) is -1.75. The Morgan fingerprint density at radius 2 is 1.42 bits per heavy atom. The molecule has 14 heteroatoms. The van der Waals surface area contributed by atoms with E-state index in [4.69, 9.17) is 27.8 Å². The summed E-state index contributed by atoms with van der Waals surface area (Å²) in [5, 5.41) is 5.07. The highest BCUT2D eigenvalue weighted by Gasteiger charge is 2.39. The van der Waals surface area contributed by atoms with Crippen molar-refractivity contribution >= 4 is 31.8 Å². The van der Waals surface area contributed by atoms with Gasteiger partial charge >= 0.3 is 25.9 Å². The van der Waals surface area contributed by atoms with Crippen LogP contribution >= 0.6 is 7.82 Å². The number of nitrogens with one attached hydrogen (secondary N) is 2. The number of phosphoric acid groups is 1. The first kappa shape index (κ1) is 42.1. The number of benzene rings is 2. The van der Waals surface area contributed by atoms with Gasteiger partial charge in [0.25, 0.3) is 0 Å². The number of esters is 2. The van der Waals surface area contributed by atoms with E-state index in [0.29, 0.717) is 11.3 Å². The highest BCUT2D eigenvalue weighted by Crippen LogP contribution is 2.55. The summed E-state index contributed by atoms with van der Waals surface area (Å²) in [6.07, 6.45) is 0.781. The topological polar surface area (TPSA) is 165 Å². The molecule has 0 aliphatic carbocycles. The monoisotopic (exact) mass is 718 g/mol. The molecule has 0 aliphatic rings. The third-order valence-electron chi connectivity index (χ3n) is 6.15. The normalized spacial score (nSPS) is 13.1. The fourth-order valence-electron chi connectivity index (χ4n) is 4.21. The quantitative estimate of drug-likeness (QED) is 0.0754. The lowest BCUT2D eigenvalue weighted by atomic mass is 10.0. The Labute approximate surface area is 295 Å². The first-order chi connectivity index (χ1) is 23.3. The molecule has 0 unspecified atom stereocenters. The first-order valence-electron chi connectivity index (χ1n) is 16.3. The Hall–Kier alpha value is -4.03. The van der Waals surface area contributed by atoms with Crippen LogP contribution in [0.15, 0.2) is 67.3 Å². The SMILES string of the molecule is C=CCOC(=O)[C@H](COP(=O)(OC(C)(C)C)OC(C)(C)C)NC(=O)[C@H](CC(C)C)NC(=O)OCc1ccc(OC(=O)Cc2ccccc2)cc1. The van der Waals surface area contributed by atoms with E-state index in [1.54, 1.807) is 65.8 Å². The van der Waals surface area contributed by atoms with Crippen LogP contribution in [0.5, 0.6) is 5.75 Å². The molecule has 2 N–H and O–H groups in total. The van der Waals surface area contributed by atoms with Crippen molar-refractivity contribution in [2.45, 2.75) is 98.1 Å². The number of amides is 2. The molecular weight excluding hydrogens is 667 g/mol. The van der Waals surface area contributed by atoms with Gasteiger partial charge in [-0.3, -0.25) is 23.2 Å². The van der Waals surface area contributed by atoms with E-state index in [0.717, 1.165) is 5.56 Å². The summed E-state index contributed by atoms with van der Waals surface area (Å²) in [6.45, 7) is 16.3. The van der Waals surface area contributed by atoms with Crippen molar-refractivity contribution in [2.24, 2.45) is 5.92 Å². The molecule has 0 saturated heterocycles. The van der Waals surface area contributed by atoms with Crippen LogP contribution in [0.2, 0.25) is 0 Å². The van der Waals surface area contributed by atoms with Crippen LogP contribution in [0.1, 0.15) is 72.9 Å². The Morgan fingerprint density at radius 1 is 0.820 bits per heavy atom. The molecule has 2 aromatic carbocycles. The lowest BCUT2D eigenvalue weighted by Crippen LogP contribution is -2.53. The Morgan fingerprint density at radius 3 is 1.96 bits per heavy atom. The second-order valence-electron chi connectivity index (χ2n) is 13.8. The molecule has 0 radical (unpaired) electrons. The Balaban J connectivity index is 2.07. The molecular formula is C36H51N2O11P. The lowest BCUT2D eigenvalue weighted by molar-refractivity contribution is -0.148. The van der Waals surface area contributed by atoms with Crippen molar-refractivity contribution < 1.29 is 51.5 Å². The molecule has 0 saturated carbocycles. The van der Waals surface area contributed by atoms with E-state index < -0.39 is 61.7 Å². The van der Waals surface area contributed by atoms with Crippen molar-refractivity contribution in [3.05, 3.63) is 78.4 Å². The van der Waals surface area contributed by atoms with Crippen LogP contribution in [0.4, 0.5) is 4.79 Å². The molecule has 0 spiro atoms. The third-order valence-corrected chi connectivity index (χ3v) is 8.15. The van der Waals surface area contributed by atoms with Crippen molar-refractivity contribution in [3.63, 3.8) is 0 Å². The number of hydrogen-bond donors (Lipinski definition) is 2. The summed E-state index contributed by atoms with van der Waals surface area (Å²) in [5.41, 5.74) is -0.439. The molecule has 2 amide bonds. The van der Waals surface area contributed by atoms with Gasteiger partial charge in [-0.15, -0.1) is 0 Å². The van der Waals surface area contributed by atoms with Crippen molar-refractivity contribution in [3.8, 4) is 5.75 Å². The van der Waals surface area contributed by atoms with Gasteiger partial charge in [-0.1, -0.05) is 69.0 Å². The molecule has 0 aromatic heterocycles. The van der Waals surface area contributed by atoms with E-state index in [1.807, 2.05) is 44.2 Å². The second kappa shape index (κ2) is 19.4. The number of phosphoric ester groups is 1. The maximum absolute atomic E-state index is 13.6. The first-order valence-corrected chi connectivity index (χ1v) is 17.7. The van der Waals surface area contributed by atoms with Crippen molar-refractivity contribution in [2.75, 3.05) is 13.2 Å². The zero-order valence-corrected chi connectivity index (χ0v) is 31.1. The summed E-state index contributed by atoms with van der Waals surface area (Å²) in [7, 11) is -4.25. The molecule has 0 aliphatic heterocycles. The number of rotatable bonds is 18. The van der Waals surface area contributed by atoms with Crippen molar-refractivity contribution in [1.82, 2.24) is 10.6 Å². The molecule has 2 rings (SSSR count). The maximum Gasteiger partial charge on any atom is 0.475 e. The summed E-state index contributed by atoms with van der Waals surface area (Å²) >= 11 is 0. The van der Waals surface area contributed by atoms with Gasteiger partial charge < -0.3 is 24.8 Å². The average Bonchev–Trinajstić information content (AvgIpc) is 2.99. The largest absolute Gasteiger partial charge is 0.475 e. The van der Waals surface area contributed by atoms with E-state index >= 15 is 0 Å². The van der Waals surface area contributed by atoms with Crippen LogP contribution in [-0.2, 0) is 55.0 Å². The van der Waals surface area contributed by atoms with Gasteiger partial charge in [-0.05, 0) is 77.1 Å². The highest BCUT2D eigenvalue weighted by molar-refractivity contribution is 7.48. The van der Waals surface area contributed by atoms with Gasteiger partial charge in [0, 0.05) is 0 Å². The predicted molar refractivity (Wildman–Crippen MR) is 187 cm³/mol. The number of hydrogen-bond acceptors (Lipinski definition) is 11. The predicted octanol–water partition coefficient (Wildman–Crippen LogP) is 6.44. The Kier molecular flexibility index (Phi) is 16.3. The molecule has 0 heterocycles. The molecule has 2 aromatic rings. The standard InChI is InChI=1S/C36H51N2O11P/c1-10-20-44-33(41)30(24-46-50(43,48-35(4,5)6)49-36(7,8)9)37-32(40)29(21-25(2)3)38-34(42)45-23-27-16-18-28(19-17-27)47-31(39)22-26-14-12-11-13-15-26/h10-19,25,29-30H,1,20-24H2,2-9H3,(H,37,40)(H,38,42)/t29-,30-/m0/s1. The van der Waals surface area contributed by atoms with Gasteiger partial charge in [0.15, 0.2) is 6.04 Å². The molecule has 276 valence electrons. The smallest absolute Gasteiger partial charge is 0.460 e. The fraction of sp³-hybridized carbons (Fsp3) is 0.500. The second-order valence-corrected chi connectivity index (χ2v) is 15.3. The zero-order chi connectivity index (χ0) is 37.5. The van der Waals surface area contributed by atoms with E-state index in [-0.39, 0.29) is 32.0 Å². The van der Waals surface area contributed by atoms with Crippen LogP contribution in [0.3, 0.4) is 0 Å². The van der Waals surface area contributed by atoms with Gasteiger partial charge in [0.2, 0.25) is 5.91 Å². The number of ether oxygens (including phenoxy) is 3. The lowest BCUT2D eigenvalue weighted by Gasteiger charge is -2.31. The third kappa shape index (κ3) is 17.1. The average molecular weight is 719 g/mol. The minimum Gasteiger partial charge on any atom is -0.460 e. The number of carbonyl (C=O) groups excluding carboxylic acids is 4. The highest BCUT2D eigenvalue weighted by atomic mass is 31.2. The molecule has 13 nitrogen and oxygen atoms in total. The van der Waals surface area contributed by atoms with E-state index in [9.17, 15) is 23.7 Å². The molecule has 0 bridgehead atoms. The van der Waals surface area contributed by atoms with Crippen LogP contribution in [-0.4, -0.2) is 60.4 Å². The van der Waals surface area contributed by atoms with Gasteiger partial charge in [0.1, 0.15) is 25.0 Å². The fourth-order valence-corrected chi connectivity index (χ4v) is 6.03. The summed E-state index contributed by atoms with van der Waals surface area (Å²) in [4.78, 5) is 51.5. The minimum absolute atomic E-state index is 0.0498. The number of carbonyl (C=O) groups is 4. The van der Waals surface area contributed by atoms with Crippen molar-refractivity contribution in [1.29, 1.82) is 0 Å².